The number of halogens is 1. The molecule has 0 N–H and O–H groups in total. The topological polar surface area (TPSA) is 35.5 Å². The van der Waals surface area contributed by atoms with Crippen molar-refractivity contribution in [1.29, 1.82) is 0 Å². The van der Waals surface area contributed by atoms with E-state index in [1.807, 2.05) is 48.5 Å². The minimum atomic E-state index is -0.880. The van der Waals surface area contributed by atoms with Crippen LogP contribution in [0.1, 0.15) is 33.8 Å². The fourth-order valence-corrected chi connectivity index (χ4v) is 3.69. The molecule has 112 valence electrons. The molecule has 1 aliphatic carbocycles. The predicted molar refractivity (Wildman–Crippen MR) is 83.2 cm³/mol. The Morgan fingerprint density at radius 3 is 2.59 bits per heavy atom. The van der Waals surface area contributed by atoms with Crippen LogP contribution in [0.4, 0.5) is 0 Å². The Balaban J connectivity index is 1.91. The molecule has 1 aliphatic heterocycles. The molecule has 2 aliphatic rings. The molecule has 1 saturated heterocycles. The lowest BCUT2D eigenvalue weighted by Crippen LogP contribution is -2.41. The van der Waals surface area contributed by atoms with Crippen LogP contribution in [-0.4, -0.2) is 19.0 Å². The highest BCUT2D eigenvalue weighted by Gasteiger charge is 2.52. The van der Waals surface area contributed by atoms with E-state index in [1.54, 1.807) is 0 Å². The molecule has 1 heterocycles. The summed E-state index contributed by atoms with van der Waals surface area (Å²) in [6, 6.07) is 15.1. The standard InChI is InChI=1S/C18H15ClO3/c19-13-5-3-4-12(10-13)16-11-17(20)14-6-1-2-7-15(14)18(16)21-8-9-22-18/h1-7,10,16H,8-9,11H2/t16-/m1/s1. The quantitative estimate of drug-likeness (QED) is 0.800. The molecule has 2 aromatic rings. The molecule has 1 spiro atoms. The van der Waals surface area contributed by atoms with E-state index < -0.39 is 5.79 Å². The van der Waals surface area contributed by atoms with Crippen molar-refractivity contribution in [2.45, 2.75) is 18.1 Å². The summed E-state index contributed by atoms with van der Waals surface area (Å²) in [6.45, 7) is 1.05. The van der Waals surface area contributed by atoms with Gasteiger partial charge in [0.15, 0.2) is 5.78 Å². The Labute approximate surface area is 133 Å². The van der Waals surface area contributed by atoms with Crippen molar-refractivity contribution in [2.75, 3.05) is 13.2 Å². The average molecular weight is 315 g/mol. The first-order chi connectivity index (χ1) is 10.7. The molecular formula is C18H15ClO3. The lowest BCUT2D eigenvalue weighted by atomic mass is 9.74. The van der Waals surface area contributed by atoms with E-state index in [1.165, 1.54) is 0 Å². The third-order valence-corrected chi connectivity index (χ3v) is 4.65. The zero-order valence-corrected chi connectivity index (χ0v) is 12.7. The molecule has 0 bridgehead atoms. The normalized spacial score (nSPS) is 22.8. The summed E-state index contributed by atoms with van der Waals surface area (Å²) in [5.41, 5.74) is 2.49. The molecule has 22 heavy (non-hydrogen) atoms. The number of carbonyl (C=O) groups excluding carboxylic acids is 1. The summed E-state index contributed by atoms with van der Waals surface area (Å²) < 4.78 is 12.1. The predicted octanol–water partition coefficient (Wildman–Crippen LogP) is 3.91. The monoisotopic (exact) mass is 314 g/mol. The van der Waals surface area contributed by atoms with Gasteiger partial charge in [-0.3, -0.25) is 4.79 Å². The van der Waals surface area contributed by atoms with Gasteiger partial charge in [0.2, 0.25) is 5.79 Å². The van der Waals surface area contributed by atoms with Crippen LogP contribution in [0.2, 0.25) is 5.02 Å². The minimum absolute atomic E-state index is 0.116. The van der Waals surface area contributed by atoms with Crippen LogP contribution in [-0.2, 0) is 15.3 Å². The van der Waals surface area contributed by atoms with Gasteiger partial charge in [0, 0.05) is 22.6 Å². The number of rotatable bonds is 1. The van der Waals surface area contributed by atoms with Gasteiger partial charge >= 0.3 is 0 Å². The van der Waals surface area contributed by atoms with Crippen LogP contribution in [0.5, 0.6) is 0 Å². The molecule has 4 rings (SSSR count). The van der Waals surface area contributed by atoms with Crippen molar-refractivity contribution in [2.24, 2.45) is 0 Å². The first kappa shape index (κ1) is 13.9. The Morgan fingerprint density at radius 2 is 1.82 bits per heavy atom. The van der Waals surface area contributed by atoms with E-state index in [0.29, 0.717) is 30.2 Å². The smallest absolute Gasteiger partial charge is 0.203 e. The van der Waals surface area contributed by atoms with Crippen molar-refractivity contribution < 1.29 is 14.3 Å². The molecule has 0 radical (unpaired) electrons. The number of carbonyl (C=O) groups is 1. The minimum Gasteiger partial charge on any atom is -0.343 e. The van der Waals surface area contributed by atoms with Crippen molar-refractivity contribution in [3.63, 3.8) is 0 Å². The third-order valence-electron chi connectivity index (χ3n) is 4.42. The summed E-state index contributed by atoms with van der Waals surface area (Å²) in [6.07, 6.45) is 0.358. The first-order valence-corrected chi connectivity index (χ1v) is 7.74. The molecule has 2 aromatic carbocycles. The maximum Gasteiger partial charge on any atom is 0.203 e. The highest BCUT2D eigenvalue weighted by molar-refractivity contribution is 6.30. The van der Waals surface area contributed by atoms with Crippen molar-refractivity contribution in [1.82, 2.24) is 0 Å². The molecule has 1 fully saturated rings. The van der Waals surface area contributed by atoms with Gasteiger partial charge in [0.1, 0.15) is 0 Å². The lowest BCUT2D eigenvalue weighted by molar-refractivity contribution is -0.186. The van der Waals surface area contributed by atoms with Crippen molar-refractivity contribution in [3.8, 4) is 0 Å². The Bertz CT molecular complexity index is 735. The number of hydrogen-bond acceptors (Lipinski definition) is 3. The molecular weight excluding hydrogens is 300 g/mol. The lowest BCUT2D eigenvalue weighted by Gasteiger charge is -2.40. The van der Waals surface area contributed by atoms with E-state index in [0.717, 1.165) is 11.1 Å². The Morgan fingerprint density at radius 1 is 1.05 bits per heavy atom. The highest BCUT2D eigenvalue weighted by atomic mass is 35.5. The van der Waals surface area contributed by atoms with Crippen LogP contribution in [0.15, 0.2) is 48.5 Å². The van der Waals surface area contributed by atoms with Crippen LogP contribution >= 0.6 is 11.6 Å². The number of fused-ring (bicyclic) bond motifs is 2. The fraction of sp³-hybridized carbons (Fsp3) is 0.278. The van der Waals surface area contributed by atoms with E-state index in [2.05, 4.69) is 0 Å². The zero-order chi connectivity index (χ0) is 15.2. The summed E-state index contributed by atoms with van der Waals surface area (Å²) >= 11 is 6.13. The second-order valence-corrected chi connectivity index (χ2v) is 6.08. The fourth-order valence-electron chi connectivity index (χ4n) is 3.49. The van der Waals surface area contributed by atoms with Crippen LogP contribution in [0, 0.1) is 0 Å². The number of ketones is 1. The molecule has 0 unspecified atom stereocenters. The van der Waals surface area contributed by atoms with Crippen molar-refractivity contribution >= 4 is 17.4 Å². The van der Waals surface area contributed by atoms with Gasteiger partial charge < -0.3 is 9.47 Å². The Hall–Kier alpha value is -1.68. The average Bonchev–Trinajstić information content (AvgIpc) is 3.02. The zero-order valence-electron chi connectivity index (χ0n) is 11.9. The second kappa shape index (κ2) is 5.20. The first-order valence-electron chi connectivity index (χ1n) is 7.37. The molecule has 1 atom stereocenters. The van der Waals surface area contributed by atoms with Gasteiger partial charge in [-0.2, -0.15) is 0 Å². The number of Topliss-reactive ketones (excluding diaryl/α,β-unsaturated/α-hetero) is 1. The van der Waals surface area contributed by atoms with Crippen molar-refractivity contribution in [3.05, 3.63) is 70.2 Å². The maximum absolute atomic E-state index is 12.6. The SMILES string of the molecule is O=C1C[C@H](c2cccc(Cl)c2)C2(OCCO2)c2ccccc21. The van der Waals surface area contributed by atoms with Gasteiger partial charge in [0.05, 0.1) is 19.1 Å². The second-order valence-electron chi connectivity index (χ2n) is 5.64. The van der Waals surface area contributed by atoms with Gasteiger partial charge in [-0.05, 0) is 17.7 Å². The largest absolute Gasteiger partial charge is 0.343 e. The van der Waals surface area contributed by atoms with Crippen LogP contribution < -0.4 is 0 Å². The van der Waals surface area contributed by atoms with E-state index in [9.17, 15) is 4.79 Å². The molecule has 4 heteroatoms. The maximum atomic E-state index is 12.6. The summed E-state index contributed by atoms with van der Waals surface area (Å²) in [5.74, 6) is -0.948. The van der Waals surface area contributed by atoms with Gasteiger partial charge in [-0.25, -0.2) is 0 Å². The van der Waals surface area contributed by atoms with E-state index >= 15 is 0 Å². The summed E-state index contributed by atoms with van der Waals surface area (Å²) in [7, 11) is 0. The molecule has 3 nitrogen and oxygen atoms in total. The number of hydrogen-bond donors (Lipinski definition) is 0. The summed E-state index contributed by atoms with van der Waals surface area (Å²) in [4.78, 5) is 12.6. The van der Waals surface area contributed by atoms with Crippen LogP contribution in [0.3, 0.4) is 0 Å². The summed E-state index contributed by atoms with van der Waals surface area (Å²) in [5, 5.41) is 0.650. The molecule has 0 saturated carbocycles. The number of benzene rings is 2. The van der Waals surface area contributed by atoms with Gasteiger partial charge in [-0.1, -0.05) is 48.0 Å². The molecule has 0 aromatic heterocycles. The van der Waals surface area contributed by atoms with Gasteiger partial charge in [-0.15, -0.1) is 0 Å². The highest BCUT2D eigenvalue weighted by Crippen LogP contribution is 2.50. The van der Waals surface area contributed by atoms with Crippen LogP contribution in [0.25, 0.3) is 0 Å². The van der Waals surface area contributed by atoms with E-state index in [-0.39, 0.29) is 11.7 Å². The van der Waals surface area contributed by atoms with E-state index in [4.69, 9.17) is 21.1 Å². The Kier molecular flexibility index (Phi) is 3.30. The number of ether oxygens (including phenoxy) is 2. The van der Waals surface area contributed by atoms with Gasteiger partial charge in [0.25, 0.3) is 0 Å². The molecule has 0 amide bonds. The third kappa shape index (κ3) is 2.01.